The summed E-state index contributed by atoms with van der Waals surface area (Å²) in [5.74, 6) is 1.13. The van der Waals surface area contributed by atoms with Crippen LogP contribution in [0.4, 0.5) is 11.4 Å². The molecule has 2 amide bonds. The molecule has 0 unspecified atom stereocenters. The van der Waals surface area contributed by atoms with E-state index in [0.29, 0.717) is 6.42 Å². The minimum Gasteiger partial charge on any atom is -0.497 e. The Kier molecular flexibility index (Phi) is 4.84. The van der Waals surface area contributed by atoms with E-state index in [1.165, 1.54) is 5.56 Å². The third-order valence-electron chi connectivity index (χ3n) is 5.20. The summed E-state index contributed by atoms with van der Waals surface area (Å²) in [5.41, 5.74) is 3.81. The molecule has 1 heterocycles. The van der Waals surface area contributed by atoms with Gasteiger partial charge in [0.2, 0.25) is 11.8 Å². The monoisotopic (exact) mass is 364 g/mol. The van der Waals surface area contributed by atoms with Gasteiger partial charge in [0.15, 0.2) is 0 Å². The van der Waals surface area contributed by atoms with Crippen molar-refractivity contribution in [2.24, 2.45) is 5.92 Å². The molecule has 5 nitrogen and oxygen atoms in total. The van der Waals surface area contributed by atoms with Crippen LogP contribution in [0.2, 0.25) is 0 Å². The fraction of sp³-hybridized carbons (Fsp3) is 0.364. The lowest BCUT2D eigenvalue weighted by Gasteiger charge is -2.30. The zero-order chi connectivity index (χ0) is 18.8. The van der Waals surface area contributed by atoms with E-state index in [-0.39, 0.29) is 17.7 Å². The summed E-state index contributed by atoms with van der Waals surface area (Å²) in [6, 6.07) is 13.4. The van der Waals surface area contributed by atoms with Crippen molar-refractivity contribution in [2.75, 3.05) is 23.9 Å². The number of hydrogen-bond donors (Lipinski definition) is 1. The lowest BCUT2D eigenvalue weighted by Crippen LogP contribution is -2.36. The third-order valence-corrected chi connectivity index (χ3v) is 5.20. The SMILES string of the molecule is COc1ccc(CC(=O)Nc2ccc3c(c2)N(C(=O)C2CC2)CCC3)cc1. The largest absolute Gasteiger partial charge is 0.497 e. The number of rotatable bonds is 5. The second kappa shape index (κ2) is 7.43. The smallest absolute Gasteiger partial charge is 0.230 e. The maximum absolute atomic E-state index is 12.6. The zero-order valence-corrected chi connectivity index (χ0v) is 15.5. The highest BCUT2D eigenvalue weighted by Gasteiger charge is 2.35. The van der Waals surface area contributed by atoms with Gasteiger partial charge in [-0.25, -0.2) is 0 Å². The Bertz CT molecular complexity index is 856. The Hall–Kier alpha value is -2.82. The van der Waals surface area contributed by atoms with E-state index in [2.05, 4.69) is 5.32 Å². The van der Waals surface area contributed by atoms with Crippen molar-refractivity contribution in [3.8, 4) is 5.75 Å². The van der Waals surface area contributed by atoms with Crippen LogP contribution in [0.15, 0.2) is 42.5 Å². The fourth-order valence-electron chi connectivity index (χ4n) is 3.57. The molecule has 4 rings (SSSR count). The number of anilines is 2. The second-order valence-electron chi connectivity index (χ2n) is 7.28. The number of methoxy groups -OCH3 is 1. The molecule has 1 saturated carbocycles. The van der Waals surface area contributed by atoms with E-state index in [0.717, 1.165) is 54.9 Å². The predicted octanol–water partition coefficient (Wildman–Crippen LogP) is 3.57. The van der Waals surface area contributed by atoms with Gasteiger partial charge >= 0.3 is 0 Å². The molecule has 1 fully saturated rings. The predicted molar refractivity (Wildman–Crippen MR) is 105 cm³/mol. The van der Waals surface area contributed by atoms with Crippen LogP contribution in [0.25, 0.3) is 0 Å². The Morgan fingerprint density at radius 1 is 1.15 bits per heavy atom. The molecule has 1 aliphatic heterocycles. The molecule has 0 aromatic heterocycles. The normalized spacial score (nSPS) is 15.8. The van der Waals surface area contributed by atoms with Gasteiger partial charge in [0, 0.05) is 23.8 Å². The van der Waals surface area contributed by atoms with Gasteiger partial charge in [-0.2, -0.15) is 0 Å². The molecule has 0 spiro atoms. The van der Waals surface area contributed by atoms with Crippen molar-refractivity contribution in [1.29, 1.82) is 0 Å². The number of nitrogens with zero attached hydrogens (tertiary/aromatic N) is 1. The maximum Gasteiger partial charge on any atom is 0.230 e. The highest BCUT2D eigenvalue weighted by molar-refractivity contribution is 5.99. The summed E-state index contributed by atoms with van der Waals surface area (Å²) < 4.78 is 5.14. The highest BCUT2D eigenvalue weighted by atomic mass is 16.5. The number of ether oxygens (including phenoxy) is 1. The Balaban J connectivity index is 1.46. The molecule has 0 radical (unpaired) electrons. The fourth-order valence-corrected chi connectivity index (χ4v) is 3.57. The number of carbonyl (C=O) groups excluding carboxylic acids is 2. The van der Waals surface area contributed by atoms with E-state index < -0.39 is 0 Å². The van der Waals surface area contributed by atoms with Gasteiger partial charge in [-0.3, -0.25) is 9.59 Å². The van der Waals surface area contributed by atoms with Gasteiger partial charge in [0.05, 0.1) is 13.5 Å². The second-order valence-corrected chi connectivity index (χ2v) is 7.28. The first kappa shape index (κ1) is 17.6. The molecule has 1 N–H and O–H groups in total. The van der Waals surface area contributed by atoms with Crippen LogP contribution in [0.3, 0.4) is 0 Å². The first-order valence-electron chi connectivity index (χ1n) is 9.51. The molecule has 0 saturated heterocycles. The van der Waals surface area contributed by atoms with Gasteiger partial charge in [-0.05, 0) is 61.1 Å². The van der Waals surface area contributed by atoms with Crippen molar-refractivity contribution in [2.45, 2.75) is 32.1 Å². The van der Waals surface area contributed by atoms with Crippen molar-refractivity contribution >= 4 is 23.2 Å². The van der Waals surface area contributed by atoms with Crippen molar-refractivity contribution in [1.82, 2.24) is 0 Å². The number of fused-ring (bicyclic) bond motifs is 1. The lowest BCUT2D eigenvalue weighted by atomic mass is 10.0. The molecule has 140 valence electrons. The molecule has 1 aliphatic carbocycles. The Morgan fingerprint density at radius 3 is 2.63 bits per heavy atom. The van der Waals surface area contributed by atoms with Crippen LogP contribution in [-0.2, 0) is 22.4 Å². The minimum absolute atomic E-state index is 0.0732. The quantitative estimate of drug-likeness (QED) is 0.882. The highest BCUT2D eigenvalue weighted by Crippen LogP contribution is 2.36. The molecule has 2 aromatic rings. The number of hydrogen-bond acceptors (Lipinski definition) is 3. The maximum atomic E-state index is 12.6. The van der Waals surface area contributed by atoms with Crippen molar-refractivity contribution in [3.05, 3.63) is 53.6 Å². The van der Waals surface area contributed by atoms with Gasteiger partial charge in [0.25, 0.3) is 0 Å². The standard InChI is InChI=1S/C22H24N2O3/c1-27-19-10-4-15(5-11-19)13-21(25)23-18-9-8-16-3-2-12-24(20(16)14-18)22(26)17-6-7-17/h4-5,8-11,14,17H,2-3,6-7,12-13H2,1H3,(H,23,25). The molecule has 2 aromatic carbocycles. The molecule has 2 aliphatic rings. The molecule has 0 atom stereocenters. The number of carbonyl (C=O) groups is 2. The molecular weight excluding hydrogens is 340 g/mol. The zero-order valence-electron chi connectivity index (χ0n) is 15.5. The third kappa shape index (κ3) is 3.97. The van der Waals surface area contributed by atoms with E-state index in [1.807, 2.05) is 47.4 Å². The van der Waals surface area contributed by atoms with Gasteiger partial charge < -0.3 is 15.0 Å². The van der Waals surface area contributed by atoms with E-state index in [4.69, 9.17) is 4.74 Å². The van der Waals surface area contributed by atoms with Crippen LogP contribution in [-0.4, -0.2) is 25.5 Å². The topological polar surface area (TPSA) is 58.6 Å². The van der Waals surface area contributed by atoms with E-state index in [1.54, 1.807) is 7.11 Å². The molecule has 0 bridgehead atoms. The van der Waals surface area contributed by atoms with Crippen molar-refractivity contribution < 1.29 is 14.3 Å². The van der Waals surface area contributed by atoms with Crippen LogP contribution in [0.1, 0.15) is 30.4 Å². The van der Waals surface area contributed by atoms with Gasteiger partial charge in [0.1, 0.15) is 5.75 Å². The number of benzene rings is 2. The van der Waals surface area contributed by atoms with Gasteiger partial charge in [-0.1, -0.05) is 18.2 Å². The minimum atomic E-state index is -0.0732. The summed E-state index contributed by atoms with van der Waals surface area (Å²) >= 11 is 0. The number of amides is 2. The number of aryl methyl sites for hydroxylation is 1. The van der Waals surface area contributed by atoms with Crippen LogP contribution in [0.5, 0.6) is 5.75 Å². The average Bonchev–Trinajstić information content (AvgIpc) is 3.53. The van der Waals surface area contributed by atoms with Gasteiger partial charge in [-0.15, -0.1) is 0 Å². The first-order valence-corrected chi connectivity index (χ1v) is 9.51. The first-order chi connectivity index (χ1) is 13.1. The van der Waals surface area contributed by atoms with Crippen LogP contribution in [0, 0.1) is 5.92 Å². The number of nitrogens with one attached hydrogen (secondary N) is 1. The summed E-state index contributed by atoms with van der Waals surface area (Å²) in [6.07, 6.45) is 4.27. The molecule has 5 heteroatoms. The summed E-state index contributed by atoms with van der Waals surface area (Å²) in [7, 11) is 1.62. The summed E-state index contributed by atoms with van der Waals surface area (Å²) in [6.45, 7) is 0.769. The lowest BCUT2D eigenvalue weighted by molar-refractivity contribution is -0.120. The van der Waals surface area contributed by atoms with Crippen LogP contribution < -0.4 is 15.0 Å². The Morgan fingerprint density at radius 2 is 1.93 bits per heavy atom. The summed E-state index contributed by atoms with van der Waals surface area (Å²) in [5, 5.41) is 2.97. The van der Waals surface area contributed by atoms with Crippen LogP contribution >= 0.6 is 0 Å². The Labute approximate surface area is 159 Å². The molecular formula is C22H24N2O3. The summed E-state index contributed by atoms with van der Waals surface area (Å²) in [4.78, 5) is 26.9. The van der Waals surface area contributed by atoms with E-state index >= 15 is 0 Å². The van der Waals surface area contributed by atoms with Crippen molar-refractivity contribution in [3.63, 3.8) is 0 Å². The average molecular weight is 364 g/mol. The van der Waals surface area contributed by atoms with E-state index in [9.17, 15) is 9.59 Å². The molecule has 27 heavy (non-hydrogen) atoms.